The van der Waals surface area contributed by atoms with Crippen molar-refractivity contribution in [2.75, 3.05) is 19.6 Å². The molecule has 0 unspecified atom stereocenters. The van der Waals surface area contributed by atoms with E-state index in [1.807, 2.05) is 75.4 Å². The SMILES string of the molecule is CC(C)(C)OC(=O)N1CCC(C(=O)NCCc2ccc(OCc3ccccc3)cc2)CC1. The summed E-state index contributed by atoms with van der Waals surface area (Å²) < 4.78 is 11.2. The van der Waals surface area contributed by atoms with E-state index in [4.69, 9.17) is 9.47 Å². The van der Waals surface area contributed by atoms with E-state index in [0.717, 1.165) is 23.3 Å². The Morgan fingerprint density at radius 2 is 1.62 bits per heavy atom. The second-order valence-electron chi connectivity index (χ2n) is 9.20. The summed E-state index contributed by atoms with van der Waals surface area (Å²) in [5, 5.41) is 3.04. The van der Waals surface area contributed by atoms with Crippen LogP contribution in [0.3, 0.4) is 0 Å². The Bertz CT molecular complexity index is 867. The third kappa shape index (κ3) is 7.59. The van der Waals surface area contributed by atoms with E-state index in [1.54, 1.807) is 4.90 Å². The summed E-state index contributed by atoms with van der Waals surface area (Å²) in [5.74, 6) is 0.845. The number of ether oxygens (including phenoxy) is 2. The fraction of sp³-hybridized carbons (Fsp3) is 0.462. The smallest absolute Gasteiger partial charge is 0.410 e. The lowest BCUT2D eigenvalue weighted by atomic mass is 9.96. The lowest BCUT2D eigenvalue weighted by molar-refractivity contribution is -0.126. The van der Waals surface area contributed by atoms with Gasteiger partial charge in [-0.15, -0.1) is 0 Å². The Morgan fingerprint density at radius 3 is 2.25 bits per heavy atom. The average molecular weight is 439 g/mol. The van der Waals surface area contributed by atoms with E-state index in [-0.39, 0.29) is 17.9 Å². The van der Waals surface area contributed by atoms with Gasteiger partial charge in [-0.1, -0.05) is 42.5 Å². The molecule has 0 radical (unpaired) electrons. The van der Waals surface area contributed by atoms with Crippen molar-refractivity contribution in [2.45, 2.75) is 52.2 Å². The van der Waals surface area contributed by atoms with E-state index in [2.05, 4.69) is 5.32 Å². The minimum absolute atomic E-state index is 0.0533. The summed E-state index contributed by atoms with van der Waals surface area (Å²) in [6.45, 7) is 7.82. The van der Waals surface area contributed by atoms with Gasteiger partial charge in [0, 0.05) is 25.6 Å². The molecule has 32 heavy (non-hydrogen) atoms. The van der Waals surface area contributed by atoms with Gasteiger partial charge in [0.2, 0.25) is 5.91 Å². The Balaban J connectivity index is 1.35. The maximum atomic E-state index is 12.5. The van der Waals surface area contributed by atoms with E-state index in [1.165, 1.54) is 0 Å². The van der Waals surface area contributed by atoms with Crippen molar-refractivity contribution in [3.8, 4) is 5.75 Å². The van der Waals surface area contributed by atoms with Gasteiger partial charge in [-0.2, -0.15) is 0 Å². The number of carbonyl (C=O) groups excluding carboxylic acids is 2. The fourth-order valence-electron chi connectivity index (χ4n) is 3.62. The first-order chi connectivity index (χ1) is 15.3. The highest BCUT2D eigenvalue weighted by Gasteiger charge is 2.29. The van der Waals surface area contributed by atoms with Crippen molar-refractivity contribution in [3.05, 3.63) is 65.7 Å². The van der Waals surface area contributed by atoms with E-state index in [9.17, 15) is 9.59 Å². The summed E-state index contributed by atoms with van der Waals surface area (Å²) >= 11 is 0. The molecule has 0 bridgehead atoms. The van der Waals surface area contributed by atoms with Gasteiger partial charge >= 0.3 is 6.09 Å². The number of hydrogen-bond acceptors (Lipinski definition) is 4. The Hall–Kier alpha value is -3.02. The molecule has 6 heteroatoms. The van der Waals surface area contributed by atoms with Gasteiger partial charge in [-0.3, -0.25) is 4.79 Å². The third-order valence-corrected chi connectivity index (χ3v) is 5.40. The van der Waals surface area contributed by atoms with Gasteiger partial charge in [0.05, 0.1) is 0 Å². The van der Waals surface area contributed by atoms with E-state index >= 15 is 0 Å². The molecule has 0 saturated carbocycles. The Labute approximate surface area is 190 Å². The number of benzene rings is 2. The third-order valence-electron chi connectivity index (χ3n) is 5.40. The fourth-order valence-corrected chi connectivity index (χ4v) is 3.62. The topological polar surface area (TPSA) is 67.9 Å². The predicted molar refractivity (Wildman–Crippen MR) is 124 cm³/mol. The lowest BCUT2D eigenvalue weighted by Gasteiger charge is -2.32. The normalized spacial score (nSPS) is 14.7. The molecule has 1 aliphatic rings. The molecule has 6 nitrogen and oxygen atoms in total. The standard InChI is InChI=1S/C26H34N2O4/c1-26(2,3)32-25(30)28-17-14-22(15-18-28)24(29)27-16-13-20-9-11-23(12-10-20)31-19-21-7-5-4-6-8-21/h4-12,22H,13-19H2,1-3H3,(H,27,29). The number of nitrogens with zero attached hydrogens (tertiary/aromatic N) is 1. The second kappa shape index (κ2) is 11.0. The number of likely N-dealkylation sites (tertiary alicyclic amines) is 1. The molecule has 1 heterocycles. The zero-order chi connectivity index (χ0) is 23.0. The molecular weight excluding hydrogens is 404 g/mol. The summed E-state index contributed by atoms with van der Waals surface area (Å²) in [5.41, 5.74) is 1.78. The van der Waals surface area contributed by atoms with Crippen LogP contribution >= 0.6 is 0 Å². The summed E-state index contributed by atoms with van der Waals surface area (Å²) in [6.07, 6.45) is 1.80. The first-order valence-electron chi connectivity index (χ1n) is 11.3. The highest BCUT2D eigenvalue weighted by Crippen LogP contribution is 2.20. The minimum atomic E-state index is -0.502. The van der Waals surface area contributed by atoms with Crippen LogP contribution in [0.5, 0.6) is 5.75 Å². The molecule has 1 saturated heterocycles. The maximum Gasteiger partial charge on any atom is 0.410 e. The van der Waals surface area contributed by atoms with Crippen LogP contribution in [0, 0.1) is 5.92 Å². The number of nitrogens with one attached hydrogen (secondary N) is 1. The van der Waals surface area contributed by atoms with Gasteiger partial charge in [-0.05, 0) is 63.3 Å². The molecule has 2 aromatic rings. The highest BCUT2D eigenvalue weighted by molar-refractivity contribution is 5.79. The van der Waals surface area contributed by atoms with Crippen LogP contribution in [0.25, 0.3) is 0 Å². The minimum Gasteiger partial charge on any atom is -0.489 e. The van der Waals surface area contributed by atoms with Crippen LogP contribution in [0.15, 0.2) is 54.6 Å². The number of rotatable bonds is 7. The maximum absolute atomic E-state index is 12.5. The summed E-state index contributed by atoms with van der Waals surface area (Å²) in [6, 6.07) is 18.1. The quantitative estimate of drug-likeness (QED) is 0.688. The number of carbonyl (C=O) groups is 2. The number of amides is 2. The second-order valence-corrected chi connectivity index (χ2v) is 9.20. The zero-order valence-electron chi connectivity index (χ0n) is 19.3. The van der Waals surface area contributed by atoms with Crippen LogP contribution in [-0.4, -0.2) is 42.1 Å². The molecule has 0 atom stereocenters. The Morgan fingerprint density at radius 1 is 0.969 bits per heavy atom. The van der Waals surface area contributed by atoms with Crippen LogP contribution in [-0.2, 0) is 22.6 Å². The largest absolute Gasteiger partial charge is 0.489 e. The Kier molecular flexibility index (Phi) is 8.14. The van der Waals surface area contributed by atoms with Gasteiger partial charge in [0.15, 0.2) is 0 Å². The van der Waals surface area contributed by atoms with E-state index < -0.39 is 5.60 Å². The summed E-state index contributed by atoms with van der Waals surface area (Å²) in [7, 11) is 0. The molecule has 2 aromatic carbocycles. The van der Waals surface area contributed by atoms with E-state index in [0.29, 0.717) is 39.1 Å². The molecule has 1 N–H and O–H groups in total. The van der Waals surface area contributed by atoms with Crippen molar-refractivity contribution >= 4 is 12.0 Å². The molecule has 0 aliphatic carbocycles. The van der Waals surface area contributed by atoms with Crippen molar-refractivity contribution in [1.82, 2.24) is 10.2 Å². The van der Waals surface area contributed by atoms with Gasteiger partial charge < -0.3 is 19.7 Å². The highest BCUT2D eigenvalue weighted by atomic mass is 16.6. The molecule has 0 spiro atoms. The van der Waals surface area contributed by atoms with Gasteiger partial charge in [0.25, 0.3) is 0 Å². The van der Waals surface area contributed by atoms with Crippen LogP contribution in [0.1, 0.15) is 44.7 Å². The molecule has 172 valence electrons. The van der Waals surface area contributed by atoms with Crippen molar-refractivity contribution in [1.29, 1.82) is 0 Å². The molecular formula is C26H34N2O4. The molecule has 1 fully saturated rings. The monoisotopic (exact) mass is 438 g/mol. The molecule has 3 rings (SSSR count). The van der Waals surface area contributed by atoms with Crippen molar-refractivity contribution < 1.29 is 19.1 Å². The number of piperidine rings is 1. The summed E-state index contributed by atoms with van der Waals surface area (Å²) in [4.78, 5) is 26.3. The molecule has 0 aromatic heterocycles. The first-order valence-corrected chi connectivity index (χ1v) is 11.3. The first kappa shape index (κ1) is 23.6. The zero-order valence-corrected chi connectivity index (χ0v) is 19.3. The van der Waals surface area contributed by atoms with Gasteiger partial charge in [0.1, 0.15) is 18.0 Å². The average Bonchev–Trinajstić information content (AvgIpc) is 2.78. The molecule has 2 amide bonds. The van der Waals surface area contributed by atoms with Crippen LogP contribution in [0.4, 0.5) is 4.79 Å². The number of hydrogen-bond donors (Lipinski definition) is 1. The lowest BCUT2D eigenvalue weighted by Crippen LogP contribution is -2.45. The van der Waals surface area contributed by atoms with Crippen molar-refractivity contribution in [3.63, 3.8) is 0 Å². The van der Waals surface area contributed by atoms with Crippen molar-refractivity contribution in [2.24, 2.45) is 5.92 Å². The molecule has 1 aliphatic heterocycles. The van der Waals surface area contributed by atoms with Gasteiger partial charge in [-0.25, -0.2) is 4.79 Å². The predicted octanol–water partition coefficient (Wildman–Crippen LogP) is 4.57. The van der Waals surface area contributed by atoms with Crippen LogP contribution in [0.2, 0.25) is 0 Å². The van der Waals surface area contributed by atoms with Crippen LogP contribution < -0.4 is 10.1 Å².